The lowest BCUT2D eigenvalue weighted by atomic mass is 9.46. The van der Waals surface area contributed by atoms with Crippen molar-refractivity contribution in [3.8, 4) is 11.8 Å². The number of nitrogens with zero attached hydrogens (tertiary/aromatic N) is 1. The summed E-state index contributed by atoms with van der Waals surface area (Å²) in [5, 5.41) is 20.4. The zero-order valence-electron chi connectivity index (χ0n) is 19.5. The van der Waals surface area contributed by atoms with Crippen LogP contribution in [-0.2, 0) is 11.8 Å². The highest BCUT2D eigenvalue weighted by Gasteiger charge is 2.58. The van der Waals surface area contributed by atoms with Gasteiger partial charge in [-0.1, -0.05) is 78.7 Å². The number of phenols is 1. The minimum absolute atomic E-state index is 0.305. The van der Waals surface area contributed by atoms with Crippen molar-refractivity contribution in [1.82, 2.24) is 0 Å². The van der Waals surface area contributed by atoms with E-state index in [9.17, 15) is 10.4 Å². The van der Waals surface area contributed by atoms with E-state index in [4.69, 9.17) is 0 Å². The fourth-order valence-corrected chi connectivity index (χ4v) is 5.65. The maximum Gasteiger partial charge on any atom is 0.119 e. The third-order valence-corrected chi connectivity index (χ3v) is 7.51. The molecule has 0 amide bonds. The molecular weight excluding hydrogens is 354 g/mol. The fourth-order valence-electron chi connectivity index (χ4n) is 5.65. The van der Waals surface area contributed by atoms with E-state index in [1.165, 1.54) is 30.4 Å². The van der Waals surface area contributed by atoms with Gasteiger partial charge in [0.2, 0.25) is 0 Å². The first-order valence-electron chi connectivity index (χ1n) is 11.6. The van der Waals surface area contributed by atoms with Crippen LogP contribution in [0.1, 0.15) is 91.2 Å². The Kier molecular flexibility index (Phi) is 7.61. The van der Waals surface area contributed by atoms with Crippen molar-refractivity contribution < 1.29 is 5.11 Å². The predicted molar refractivity (Wildman–Crippen MR) is 123 cm³/mol. The Balaban J connectivity index is 0.000000278. The summed E-state index contributed by atoms with van der Waals surface area (Å²) in [6.45, 7) is 17.3. The summed E-state index contributed by atoms with van der Waals surface area (Å²) >= 11 is 0. The molecule has 1 aromatic carbocycles. The number of rotatable bonds is 1. The number of hydrogen-bond acceptors (Lipinski definition) is 2. The lowest BCUT2D eigenvalue weighted by Crippen LogP contribution is -2.53. The van der Waals surface area contributed by atoms with E-state index in [1.807, 2.05) is 6.07 Å². The Morgan fingerprint density at radius 3 is 2.34 bits per heavy atom. The lowest BCUT2D eigenvalue weighted by Gasteiger charge is -2.55. The van der Waals surface area contributed by atoms with Crippen molar-refractivity contribution in [2.75, 3.05) is 0 Å². The Morgan fingerprint density at radius 1 is 1.24 bits per heavy atom. The number of aromatic hydroxyl groups is 1. The molecule has 2 nitrogen and oxygen atoms in total. The molecule has 2 fully saturated rings. The molecule has 4 rings (SSSR count). The highest BCUT2D eigenvalue weighted by atomic mass is 16.3. The van der Waals surface area contributed by atoms with Gasteiger partial charge >= 0.3 is 0 Å². The molecule has 1 N–H and O–H groups in total. The molecule has 2 heteroatoms. The third-order valence-electron chi connectivity index (χ3n) is 7.51. The monoisotopic (exact) mass is 395 g/mol. The number of hydrogen-bond donors (Lipinski definition) is 1. The van der Waals surface area contributed by atoms with Gasteiger partial charge in [-0.2, -0.15) is 5.26 Å². The molecular formula is C27H41NO. The van der Waals surface area contributed by atoms with Crippen LogP contribution in [0.5, 0.6) is 5.75 Å². The quantitative estimate of drug-likeness (QED) is 0.498. The van der Waals surface area contributed by atoms with E-state index in [2.05, 4.69) is 60.3 Å². The zero-order chi connectivity index (χ0) is 21.8. The number of benzene rings is 1. The van der Waals surface area contributed by atoms with Gasteiger partial charge in [-0.3, -0.25) is 0 Å². The molecule has 0 spiro atoms. The molecule has 0 radical (unpaired) electrons. The van der Waals surface area contributed by atoms with Crippen molar-refractivity contribution in [2.24, 2.45) is 23.2 Å². The van der Waals surface area contributed by atoms with Crippen molar-refractivity contribution in [2.45, 2.75) is 91.9 Å². The van der Waals surface area contributed by atoms with Gasteiger partial charge in [-0.05, 0) is 61.5 Å². The predicted octanol–water partition coefficient (Wildman–Crippen LogP) is 7.56. The standard InChI is InChI=1S/C18H21NO.C6H12.C3H8/c1-12-7-8-18(11-19)13(2)9-14-5-4-6-15(20)16(14)17(18,3)10-12;1-3-6-4-5(6)2;1-3-2/h4-6,13,20H,1,7-10H2,2-3H3;5-6H,3-4H2,1-2H3;3H2,1-2H3. The largest absolute Gasteiger partial charge is 0.508 e. The molecule has 0 aliphatic heterocycles. The summed E-state index contributed by atoms with van der Waals surface area (Å²) in [5.41, 5.74) is 2.66. The molecule has 5 atom stereocenters. The van der Waals surface area contributed by atoms with Crippen LogP contribution in [-0.4, -0.2) is 5.11 Å². The second-order valence-corrected chi connectivity index (χ2v) is 9.85. The van der Waals surface area contributed by atoms with Crippen LogP contribution in [0.3, 0.4) is 0 Å². The molecule has 0 saturated heterocycles. The first-order valence-corrected chi connectivity index (χ1v) is 11.6. The Labute approximate surface area is 179 Å². The lowest BCUT2D eigenvalue weighted by molar-refractivity contribution is 0.0726. The van der Waals surface area contributed by atoms with E-state index in [0.717, 1.165) is 43.1 Å². The SMILES string of the molecule is C=C1CCC2(C#N)C(C)Cc3cccc(O)c3C2(C)C1.CCC.CCC1CC1C. The maximum atomic E-state index is 10.4. The van der Waals surface area contributed by atoms with Gasteiger partial charge in [0.25, 0.3) is 0 Å². The van der Waals surface area contributed by atoms with E-state index in [1.54, 1.807) is 6.07 Å². The summed E-state index contributed by atoms with van der Waals surface area (Å²) in [6, 6.07) is 8.39. The molecule has 0 aromatic heterocycles. The average Bonchev–Trinajstić information content (AvgIpc) is 3.38. The summed E-state index contributed by atoms with van der Waals surface area (Å²) in [6.07, 6.45) is 7.61. The van der Waals surface area contributed by atoms with E-state index in [0.29, 0.717) is 11.7 Å². The van der Waals surface area contributed by atoms with Crippen molar-refractivity contribution >= 4 is 0 Å². The van der Waals surface area contributed by atoms with E-state index < -0.39 is 0 Å². The van der Waals surface area contributed by atoms with E-state index >= 15 is 0 Å². The first-order chi connectivity index (χ1) is 13.7. The number of nitriles is 1. The highest BCUT2D eigenvalue weighted by Crippen LogP contribution is 2.62. The normalized spacial score (nSPS) is 34.2. The third kappa shape index (κ3) is 4.40. The Hall–Kier alpha value is -1.75. The number of phenolic OH excluding ortho intramolecular Hbond substituents is 1. The van der Waals surface area contributed by atoms with Crippen LogP contribution < -0.4 is 0 Å². The topological polar surface area (TPSA) is 44.0 Å². The minimum Gasteiger partial charge on any atom is -0.508 e. The van der Waals surface area contributed by atoms with Crippen LogP contribution in [0.2, 0.25) is 0 Å². The molecule has 3 aliphatic rings. The smallest absolute Gasteiger partial charge is 0.119 e. The van der Waals surface area contributed by atoms with Crippen LogP contribution in [0.4, 0.5) is 0 Å². The molecule has 5 unspecified atom stereocenters. The van der Waals surface area contributed by atoms with Gasteiger partial charge in [0, 0.05) is 11.0 Å². The van der Waals surface area contributed by atoms with Gasteiger partial charge < -0.3 is 5.11 Å². The molecule has 0 bridgehead atoms. The molecule has 29 heavy (non-hydrogen) atoms. The Bertz CT molecular complexity index is 758. The van der Waals surface area contributed by atoms with Gasteiger partial charge in [0.1, 0.15) is 5.75 Å². The van der Waals surface area contributed by atoms with Crippen molar-refractivity contribution in [1.29, 1.82) is 5.26 Å². The van der Waals surface area contributed by atoms with Crippen LogP contribution in [0.25, 0.3) is 0 Å². The molecule has 1 aromatic rings. The summed E-state index contributed by atoms with van der Waals surface area (Å²) in [7, 11) is 0. The van der Waals surface area contributed by atoms with E-state index in [-0.39, 0.29) is 10.8 Å². The second-order valence-electron chi connectivity index (χ2n) is 9.85. The van der Waals surface area contributed by atoms with Gasteiger partial charge in [0.05, 0.1) is 11.5 Å². The van der Waals surface area contributed by atoms with Gasteiger partial charge in [-0.15, -0.1) is 0 Å². The summed E-state index contributed by atoms with van der Waals surface area (Å²) < 4.78 is 0. The second kappa shape index (κ2) is 9.38. The molecule has 2 saturated carbocycles. The Morgan fingerprint density at radius 2 is 1.86 bits per heavy atom. The van der Waals surface area contributed by atoms with Gasteiger partial charge in [0.15, 0.2) is 0 Å². The van der Waals surface area contributed by atoms with Crippen molar-refractivity contribution in [3.63, 3.8) is 0 Å². The molecule has 0 heterocycles. The maximum absolute atomic E-state index is 10.4. The zero-order valence-corrected chi connectivity index (χ0v) is 19.5. The molecule has 3 aliphatic carbocycles. The average molecular weight is 396 g/mol. The van der Waals surface area contributed by atoms with Crippen molar-refractivity contribution in [3.05, 3.63) is 41.5 Å². The molecule has 160 valence electrons. The summed E-state index contributed by atoms with van der Waals surface area (Å²) in [5.74, 6) is 2.81. The number of allylic oxidation sites excluding steroid dienone is 1. The van der Waals surface area contributed by atoms with Crippen LogP contribution in [0.15, 0.2) is 30.4 Å². The van der Waals surface area contributed by atoms with Gasteiger partial charge in [-0.25, -0.2) is 0 Å². The fraction of sp³-hybridized carbons (Fsp3) is 0.667. The highest BCUT2D eigenvalue weighted by molar-refractivity contribution is 5.52. The van der Waals surface area contributed by atoms with Crippen LogP contribution in [0, 0.1) is 34.5 Å². The summed E-state index contributed by atoms with van der Waals surface area (Å²) in [4.78, 5) is 0. The van der Waals surface area contributed by atoms with Crippen LogP contribution >= 0.6 is 0 Å². The first kappa shape index (κ1) is 23.5. The minimum atomic E-state index is -0.389. The number of fused-ring (bicyclic) bond motifs is 3.